The van der Waals surface area contributed by atoms with E-state index in [1.165, 1.54) is 11.3 Å². The van der Waals surface area contributed by atoms with Gasteiger partial charge in [0.1, 0.15) is 5.25 Å². The molecule has 0 fully saturated rings. The second kappa shape index (κ2) is 5.80. The molecule has 0 aliphatic heterocycles. The topological polar surface area (TPSA) is 0 Å². The van der Waals surface area contributed by atoms with Crippen LogP contribution in [-0.2, 0) is 5.75 Å². The van der Waals surface area contributed by atoms with Gasteiger partial charge in [-0.2, -0.15) is 24.5 Å². The van der Waals surface area contributed by atoms with Gasteiger partial charge < -0.3 is 0 Å². The van der Waals surface area contributed by atoms with Crippen LogP contribution in [0.4, 0.5) is 13.2 Å². The van der Waals surface area contributed by atoms with Gasteiger partial charge in [-0.1, -0.05) is 30.3 Å². The highest BCUT2D eigenvalue weighted by atomic mass is 32.2. The molecule has 0 saturated carbocycles. The SMILES string of the molecule is FC(F)(F)[C@H](SCc1ccccc1)c1ccsc1. The van der Waals surface area contributed by atoms with Gasteiger partial charge in [-0.25, -0.2) is 0 Å². The Labute approximate surface area is 112 Å². The Morgan fingerprint density at radius 1 is 1.11 bits per heavy atom. The van der Waals surface area contributed by atoms with Crippen LogP contribution in [-0.4, -0.2) is 6.18 Å². The molecule has 1 heterocycles. The number of rotatable bonds is 4. The zero-order chi connectivity index (χ0) is 13.0. The highest BCUT2D eigenvalue weighted by molar-refractivity contribution is 7.98. The molecular weight excluding hydrogens is 277 g/mol. The molecule has 2 aromatic rings. The van der Waals surface area contributed by atoms with E-state index in [2.05, 4.69) is 0 Å². The van der Waals surface area contributed by atoms with E-state index in [0.29, 0.717) is 11.3 Å². The number of hydrogen-bond acceptors (Lipinski definition) is 2. The molecule has 0 unspecified atom stereocenters. The van der Waals surface area contributed by atoms with E-state index < -0.39 is 11.4 Å². The van der Waals surface area contributed by atoms with Gasteiger partial charge in [0, 0.05) is 5.75 Å². The Morgan fingerprint density at radius 2 is 1.83 bits per heavy atom. The van der Waals surface area contributed by atoms with Crippen LogP contribution in [0.3, 0.4) is 0 Å². The van der Waals surface area contributed by atoms with Gasteiger partial charge in [-0.3, -0.25) is 0 Å². The second-order valence-corrected chi connectivity index (χ2v) is 5.65. The molecule has 0 radical (unpaired) electrons. The lowest BCUT2D eigenvalue weighted by atomic mass is 10.2. The molecule has 0 amide bonds. The standard InChI is InChI=1S/C13H11F3S2/c14-13(15,16)12(11-6-7-17-9-11)18-8-10-4-2-1-3-5-10/h1-7,9,12H,8H2/t12-/m1/s1. The summed E-state index contributed by atoms with van der Waals surface area (Å²) >= 11 is 2.21. The van der Waals surface area contributed by atoms with Gasteiger partial charge in [0.05, 0.1) is 0 Å². The normalized spacial score (nSPS) is 13.5. The van der Waals surface area contributed by atoms with Gasteiger partial charge in [0.15, 0.2) is 0 Å². The van der Waals surface area contributed by atoms with E-state index in [4.69, 9.17) is 0 Å². The molecule has 1 aromatic carbocycles. The van der Waals surface area contributed by atoms with E-state index in [-0.39, 0.29) is 0 Å². The van der Waals surface area contributed by atoms with Crippen LogP contribution >= 0.6 is 23.1 Å². The largest absolute Gasteiger partial charge is 0.404 e. The second-order valence-electron chi connectivity index (χ2n) is 3.77. The van der Waals surface area contributed by atoms with Crippen molar-refractivity contribution in [3.8, 4) is 0 Å². The molecule has 0 spiro atoms. The lowest BCUT2D eigenvalue weighted by Crippen LogP contribution is -2.17. The molecule has 1 atom stereocenters. The minimum Gasteiger partial charge on any atom is -0.169 e. The summed E-state index contributed by atoms with van der Waals surface area (Å²) in [6.45, 7) is 0. The molecule has 0 bridgehead atoms. The minimum absolute atomic E-state index is 0.341. The average Bonchev–Trinajstić information content (AvgIpc) is 2.82. The zero-order valence-electron chi connectivity index (χ0n) is 9.35. The Balaban J connectivity index is 2.08. The van der Waals surface area contributed by atoms with E-state index in [9.17, 15) is 13.2 Å². The van der Waals surface area contributed by atoms with Crippen molar-refractivity contribution in [2.75, 3.05) is 0 Å². The van der Waals surface area contributed by atoms with Crippen molar-refractivity contribution >= 4 is 23.1 Å². The van der Waals surface area contributed by atoms with Crippen molar-refractivity contribution in [1.82, 2.24) is 0 Å². The third-order valence-electron chi connectivity index (χ3n) is 2.40. The number of benzene rings is 1. The molecule has 96 valence electrons. The van der Waals surface area contributed by atoms with Crippen LogP contribution in [0.25, 0.3) is 0 Å². The summed E-state index contributed by atoms with van der Waals surface area (Å²) in [5.74, 6) is 0.362. The summed E-state index contributed by atoms with van der Waals surface area (Å²) in [6, 6.07) is 10.8. The van der Waals surface area contributed by atoms with Crippen LogP contribution in [0.2, 0.25) is 0 Å². The molecule has 0 N–H and O–H groups in total. The third kappa shape index (κ3) is 3.53. The first-order valence-electron chi connectivity index (χ1n) is 5.31. The highest BCUT2D eigenvalue weighted by Gasteiger charge is 2.41. The lowest BCUT2D eigenvalue weighted by Gasteiger charge is -2.19. The predicted octanol–water partition coefficient (Wildman–Crippen LogP) is 5.28. The summed E-state index contributed by atoms with van der Waals surface area (Å²) in [7, 11) is 0. The van der Waals surface area contributed by atoms with Gasteiger partial charge in [0.2, 0.25) is 0 Å². The fourth-order valence-corrected chi connectivity index (χ4v) is 3.41. The molecule has 1 aromatic heterocycles. The Bertz CT molecular complexity index is 463. The number of hydrogen-bond donors (Lipinski definition) is 0. The first kappa shape index (κ1) is 13.5. The molecule has 2 rings (SSSR count). The van der Waals surface area contributed by atoms with Crippen LogP contribution in [0, 0.1) is 0 Å². The smallest absolute Gasteiger partial charge is 0.169 e. The van der Waals surface area contributed by atoms with Crippen LogP contribution in [0.15, 0.2) is 47.2 Å². The summed E-state index contributed by atoms with van der Waals surface area (Å²) < 4.78 is 38.9. The van der Waals surface area contributed by atoms with Gasteiger partial charge in [-0.05, 0) is 28.0 Å². The summed E-state index contributed by atoms with van der Waals surface area (Å²) in [6.07, 6.45) is -4.21. The van der Waals surface area contributed by atoms with Crippen molar-refractivity contribution in [3.05, 3.63) is 58.3 Å². The quantitative estimate of drug-likeness (QED) is 0.737. The van der Waals surface area contributed by atoms with E-state index in [1.54, 1.807) is 16.8 Å². The Kier molecular flexibility index (Phi) is 4.35. The van der Waals surface area contributed by atoms with Crippen molar-refractivity contribution < 1.29 is 13.2 Å². The number of thiophene rings is 1. The van der Waals surface area contributed by atoms with E-state index in [0.717, 1.165) is 17.3 Å². The Morgan fingerprint density at radius 3 is 2.39 bits per heavy atom. The summed E-state index contributed by atoms with van der Waals surface area (Å²) in [5, 5.41) is 1.80. The van der Waals surface area contributed by atoms with Crippen molar-refractivity contribution in [3.63, 3.8) is 0 Å². The fourth-order valence-electron chi connectivity index (χ4n) is 1.56. The lowest BCUT2D eigenvalue weighted by molar-refractivity contribution is -0.129. The third-order valence-corrected chi connectivity index (χ3v) is 4.48. The molecule has 5 heteroatoms. The van der Waals surface area contributed by atoms with Crippen molar-refractivity contribution in [1.29, 1.82) is 0 Å². The van der Waals surface area contributed by atoms with Gasteiger partial charge >= 0.3 is 6.18 Å². The first-order chi connectivity index (χ1) is 8.57. The highest BCUT2D eigenvalue weighted by Crippen LogP contribution is 2.45. The number of halogens is 3. The Hall–Kier alpha value is -0.940. The first-order valence-corrected chi connectivity index (χ1v) is 7.31. The fraction of sp³-hybridized carbons (Fsp3) is 0.231. The van der Waals surface area contributed by atoms with E-state index in [1.807, 2.05) is 30.3 Å². The minimum atomic E-state index is -4.21. The monoisotopic (exact) mass is 288 g/mol. The summed E-state index contributed by atoms with van der Waals surface area (Å²) in [5.41, 5.74) is 1.25. The van der Waals surface area contributed by atoms with Crippen LogP contribution < -0.4 is 0 Å². The van der Waals surface area contributed by atoms with Crippen LogP contribution in [0.5, 0.6) is 0 Å². The molecule has 0 aliphatic rings. The maximum atomic E-state index is 13.0. The molecule has 18 heavy (non-hydrogen) atoms. The van der Waals surface area contributed by atoms with Crippen molar-refractivity contribution in [2.45, 2.75) is 17.2 Å². The molecule has 0 nitrogen and oxygen atoms in total. The maximum absolute atomic E-state index is 13.0. The van der Waals surface area contributed by atoms with Gasteiger partial charge in [-0.15, -0.1) is 11.8 Å². The molecular formula is C13H11F3S2. The van der Waals surface area contributed by atoms with Gasteiger partial charge in [0.25, 0.3) is 0 Å². The maximum Gasteiger partial charge on any atom is 0.404 e. The number of alkyl halides is 3. The average molecular weight is 288 g/mol. The van der Waals surface area contributed by atoms with Crippen molar-refractivity contribution in [2.24, 2.45) is 0 Å². The van der Waals surface area contributed by atoms with Crippen LogP contribution in [0.1, 0.15) is 16.4 Å². The predicted molar refractivity (Wildman–Crippen MR) is 70.9 cm³/mol. The zero-order valence-corrected chi connectivity index (χ0v) is 11.0. The number of thioether (sulfide) groups is 1. The summed E-state index contributed by atoms with van der Waals surface area (Å²) in [4.78, 5) is 0. The van der Waals surface area contributed by atoms with E-state index >= 15 is 0 Å². The molecule has 0 aliphatic carbocycles. The molecule has 0 saturated heterocycles.